The summed E-state index contributed by atoms with van der Waals surface area (Å²) in [5.74, 6) is 0.697. The molecule has 2 aliphatic heterocycles. The number of halogens is 3. The number of Topliss-reactive ketones (excluding diaryl/α,β-unsaturated/α-hetero) is 1. The monoisotopic (exact) mass is 798 g/mol. The number of ketones is 1. The van der Waals surface area contributed by atoms with Crippen LogP contribution in [0.1, 0.15) is 73.4 Å². The Kier molecular flexibility index (Phi) is 13.5. The van der Waals surface area contributed by atoms with E-state index in [0.29, 0.717) is 30.6 Å². The Morgan fingerprint density at radius 3 is 2.20 bits per heavy atom. The summed E-state index contributed by atoms with van der Waals surface area (Å²) in [6.45, 7) is 12.3. The molecule has 3 aromatic rings. The smallest absolute Gasteiger partial charge is 0.407 e. The molecule has 2 aliphatic rings. The van der Waals surface area contributed by atoms with E-state index in [4.69, 9.17) is 4.74 Å². The Hall–Kier alpha value is -2.63. The molecule has 5 rings (SSSR count). The van der Waals surface area contributed by atoms with Crippen molar-refractivity contribution < 1.29 is 18.7 Å². The number of hydrogen-bond acceptors (Lipinski definition) is 6. The molecule has 2 N–H and O–H groups in total. The Morgan fingerprint density at radius 2 is 1.57 bits per heavy atom. The van der Waals surface area contributed by atoms with Gasteiger partial charge < -0.3 is 20.3 Å². The molecule has 2 heterocycles. The van der Waals surface area contributed by atoms with Crippen LogP contribution < -0.4 is 10.6 Å². The first kappa shape index (κ1) is 37.6. The van der Waals surface area contributed by atoms with Gasteiger partial charge in [0.1, 0.15) is 11.4 Å². The number of piperidine rings is 1. The number of alkyl carbamates (subject to hydrolysis) is 1. The zero-order chi connectivity index (χ0) is 35.0. The van der Waals surface area contributed by atoms with Crippen molar-refractivity contribution >= 4 is 43.7 Å². The fraction of sp³-hybridized carbons (Fsp3) is 0.487. The number of nitrogens with one attached hydrogen (secondary N) is 2. The van der Waals surface area contributed by atoms with Gasteiger partial charge in [-0.3, -0.25) is 9.69 Å². The summed E-state index contributed by atoms with van der Waals surface area (Å²) >= 11 is 6.92. The molecule has 0 bridgehead atoms. The zero-order valence-electron chi connectivity index (χ0n) is 28.8. The predicted molar refractivity (Wildman–Crippen MR) is 201 cm³/mol. The van der Waals surface area contributed by atoms with Gasteiger partial charge in [0, 0.05) is 52.6 Å². The molecule has 49 heavy (non-hydrogen) atoms. The van der Waals surface area contributed by atoms with Gasteiger partial charge in [-0.2, -0.15) is 0 Å². The highest BCUT2D eigenvalue weighted by molar-refractivity contribution is 9.11. The third-order valence-electron chi connectivity index (χ3n) is 9.69. The standard InChI is InChI=1S/C39H49Br2FN4O3/c1-39(2,3)49-38(48)44-23-36(28-7-5-4-6-8-28)29-14-17-46(18-15-29)35-25-45(26-35)16-13-30(27-9-11-34(42)12-10-27)22-43-24-37(47)31-19-32(40)21-33(41)20-31/h4-12,19-21,29-30,35-36,43H,13-18,22-26H2,1-3H3,(H,44,48)/t30-,36?/m1/s1. The van der Waals surface area contributed by atoms with Gasteiger partial charge in [-0.15, -0.1) is 0 Å². The van der Waals surface area contributed by atoms with E-state index in [2.05, 4.69) is 76.6 Å². The van der Waals surface area contributed by atoms with Crippen molar-refractivity contribution in [3.63, 3.8) is 0 Å². The molecule has 1 unspecified atom stereocenters. The number of rotatable bonds is 14. The molecular formula is C39H49Br2FN4O3. The quantitative estimate of drug-likeness (QED) is 0.161. The van der Waals surface area contributed by atoms with Crippen molar-refractivity contribution in [2.75, 3.05) is 52.4 Å². The Labute approximate surface area is 307 Å². The summed E-state index contributed by atoms with van der Waals surface area (Å²) in [4.78, 5) is 30.5. The van der Waals surface area contributed by atoms with Crippen LogP contribution in [0, 0.1) is 11.7 Å². The van der Waals surface area contributed by atoms with Gasteiger partial charge >= 0.3 is 6.09 Å². The summed E-state index contributed by atoms with van der Waals surface area (Å²) in [7, 11) is 0. The fourth-order valence-electron chi connectivity index (χ4n) is 7.04. The third-order valence-corrected chi connectivity index (χ3v) is 10.6. The lowest BCUT2D eigenvalue weighted by Crippen LogP contribution is -2.61. The number of ether oxygens (including phenoxy) is 1. The molecule has 0 saturated carbocycles. The summed E-state index contributed by atoms with van der Waals surface area (Å²) in [6, 6.07) is 23.4. The highest BCUT2D eigenvalue weighted by Gasteiger charge is 2.36. The maximum atomic E-state index is 13.7. The van der Waals surface area contributed by atoms with E-state index >= 15 is 0 Å². The van der Waals surface area contributed by atoms with Gasteiger partial charge in [-0.25, -0.2) is 9.18 Å². The van der Waals surface area contributed by atoms with E-state index in [1.54, 1.807) is 0 Å². The molecule has 3 aromatic carbocycles. The minimum atomic E-state index is -0.522. The second-order valence-electron chi connectivity index (χ2n) is 14.4. The lowest BCUT2D eigenvalue weighted by molar-refractivity contribution is 0.0103. The van der Waals surface area contributed by atoms with Gasteiger partial charge in [0.2, 0.25) is 0 Å². The van der Waals surface area contributed by atoms with Crippen LogP contribution in [0.5, 0.6) is 0 Å². The van der Waals surface area contributed by atoms with Crippen LogP contribution in [0.15, 0.2) is 81.7 Å². The second-order valence-corrected chi connectivity index (χ2v) is 16.3. The largest absolute Gasteiger partial charge is 0.444 e. The predicted octanol–water partition coefficient (Wildman–Crippen LogP) is 8.00. The number of amides is 1. The van der Waals surface area contributed by atoms with Crippen molar-refractivity contribution in [2.45, 2.75) is 63.5 Å². The first-order valence-electron chi connectivity index (χ1n) is 17.4. The SMILES string of the molecule is CC(C)(C)OC(=O)NCC(c1ccccc1)C1CCN(C2CN(CC[C@H](CNCC(=O)c3cc(Br)cc(Br)c3)c3ccc(F)cc3)C2)CC1. The Morgan fingerprint density at radius 1 is 0.918 bits per heavy atom. The van der Waals surface area contributed by atoms with E-state index in [1.165, 1.54) is 17.7 Å². The molecule has 0 aromatic heterocycles. The molecule has 0 radical (unpaired) electrons. The van der Waals surface area contributed by atoms with Crippen LogP contribution in [0.2, 0.25) is 0 Å². The summed E-state index contributed by atoms with van der Waals surface area (Å²) in [5.41, 5.74) is 2.48. The zero-order valence-corrected chi connectivity index (χ0v) is 31.9. The molecule has 264 valence electrons. The molecule has 7 nitrogen and oxygen atoms in total. The highest BCUT2D eigenvalue weighted by Crippen LogP contribution is 2.34. The van der Waals surface area contributed by atoms with Gasteiger partial charge in [0.15, 0.2) is 5.78 Å². The average molecular weight is 801 g/mol. The maximum Gasteiger partial charge on any atom is 0.407 e. The first-order valence-corrected chi connectivity index (χ1v) is 19.0. The summed E-state index contributed by atoms with van der Waals surface area (Å²) in [5, 5.41) is 6.41. The lowest BCUT2D eigenvalue weighted by atomic mass is 9.79. The lowest BCUT2D eigenvalue weighted by Gasteiger charge is -2.48. The Balaban J connectivity index is 1.09. The molecule has 0 spiro atoms. The highest BCUT2D eigenvalue weighted by atomic mass is 79.9. The minimum Gasteiger partial charge on any atom is -0.444 e. The van der Waals surface area contributed by atoms with Gasteiger partial charge in [0.05, 0.1) is 6.54 Å². The molecule has 0 aliphatic carbocycles. The van der Waals surface area contributed by atoms with Crippen LogP contribution in [0.4, 0.5) is 9.18 Å². The van der Waals surface area contributed by atoms with E-state index in [1.807, 2.05) is 57.2 Å². The van der Waals surface area contributed by atoms with Crippen molar-refractivity contribution in [3.05, 3.63) is 104 Å². The van der Waals surface area contributed by atoms with Crippen molar-refractivity contribution in [3.8, 4) is 0 Å². The first-order chi connectivity index (χ1) is 23.4. The number of benzene rings is 3. The third kappa shape index (κ3) is 11.4. The van der Waals surface area contributed by atoms with Crippen molar-refractivity contribution in [2.24, 2.45) is 5.92 Å². The topological polar surface area (TPSA) is 73.9 Å². The van der Waals surface area contributed by atoms with E-state index in [-0.39, 0.29) is 36.1 Å². The molecular weight excluding hydrogens is 751 g/mol. The number of likely N-dealkylation sites (tertiary alicyclic amines) is 2. The van der Waals surface area contributed by atoms with Gasteiger partial charge in [-0.05, 0) is 113 Å². The molecule has 1 amide bonds. The second kappa shape index (κ2) is 17.5. The molecule has 2 atom stereocenters. The van der Waals surface area contributed by atoms with Crippen molar-refractivity contribution in [1.82, 2.24) is 20.4 Å². The molecule has 2 saturated heterocycles. The normalized spacial score (nSPS) is 17.7. The van der Waals surface area contributed by atoms with Crippen molar-refractivity contribution in [1.29, 1.82) is 0 Å². The summed E-state index contributed by atoms with van der Waals surface area (Å²) in [6.07, 6.45) is 2.76. The van der Waals surface area contributed by atoms with E-state index < -0.39 is 5.60 Å². The Bertz CT molecular complexity index is 1500. The van der Waals surface area contributed by atoms with E-state index in [0.717, 1.165) is 66.5 Å². The summed E-state index contributed by atoms with van der Waals surface area (Å²) < 4.78 is 21.0. The molecule has 2 fully saturated rings. The van der Waals surface area contributed by atoms with Crippen LogP contribution in [0.3, 0.4) is 0 Å². The van der Waals surface area contributed by atoms with Crippen LogP contribution >= 0.6 is 31.9 Å². The van der Waals surface area contributed by atoms with Gasteiger partial charge in [-0.1, -0.05) is 74.3 Å². The van der Waals surface area contributed by atoms with E-state index in [9.17, 15) is 14.0 Å². The van der Waals surface area contributed by atoms with Gasteiger partial charge in [0.25, 0.3) is 0 Å². The maximum absolute atomic E-state index is 13.7. The number of nitrogens with zero attached hydrogens (tertiary/aromatic N) is 2. The molecule has 10 heteroatoms. The van der Waals surface area contributed by atoms with Crippen LogP contribution in [-0.4, -0.2) is 85.7 Å². The fourth-order valence-corrected chi connectivity index (χ4v) is 8.34. The number of hydrogen-bond donors (Lipinski definition) is 2. The number of carbonyl (C=O) groups excluding carboxylic acids is 2. The number of carbonyl (C=O) groups is 2. The minimum absolute atomic E-state index is 0.0311. The van der Waals surface area contributed by atoms with Crippen LogP contribution in [-0.2, 0) is 4.74 Å². The average Bonchev–Trinajstić information content (AvgIpc) is 3.03. The van der Waals surface area contributed by atoms with Crippen LogP contribution in [0.25, 0.3) is 0 Å².